The Bertz CT molecular complexity index is 1080. The maximum atomic E-state index is 12.5. The summed E-state index contributed by atoms with van der Waals surface area (Å²) in [6.45, 7) is 1.80. The maximum Gasteiger partial charge on any atom is 0.349 e. The van der Waals surface area contributed by atoms with Gasteiger partial charge in [0.25, 0.3) is 5.91 Å². The number of carbonyl (C=O) groups excluding carboxylic acids is 2. The molecule has 3 aromatic rings. The minimum atomic E-state index is -0.692. The van der Waals surface area contributed by atoms with Gasteiger partial charge in [0.15, 0.2) is 0 Å². The number of carbonyl (C=O) groups is 2. The Morgan fingerprint density at radius 1 is 1.12 bits per heavy atom. The van der Waals surface area contributed by atoms with Gasteiger partial charge in [-0.2, -0.15) is 0 Å². The molecule has 1 aliphatic heterocycles. The summed E-state index contributed by atoms with van der Waals surface area (Å²) < 4.78 is 5.19. The van der Waals surface area contributed by atoms with Crippen LogP contribution in [-0.2, 0) is 4.79 Å². The highest BCUT2D eigenvalue weighted by atomic mass is 16.4. The van der Waals surface area contributed by atoms with Gasteiger partial charge in [-0.05, 0) is 42.8 Å². The molecule has 0 aliphatic carbocycles. The van der Waals surface area contributed by atoms with Crippen LogP contribution in [0.3, 0.4) is 0 Å². The predicted octanol–water partition coefficient (Wildman–Crippen LogP) is 3.10. The minimum Gasteiger partial charge on any atom is -0.422 e. The van der Waals surface area contributed by atoms with E-state index in [4.69, 9.17) is 4.42 Å². The van der Waals surface area contributed by atoms with Crippen LogP contribution in [0.5, 0.6) is 0 Å². The number of hydrogen-bond acceptors (Lipinski definition) is 4. The van der Waals surface area contributed by atoms with E-state index in [1.807, 2.05) is 0 Å². The van der Waals surface area contributed by atoms with Crippen molar-refractivity contribution in [2.24, 2.45) is 0 Å². The SMILES string of the molecule is CC1C(=O)Nc2ccc(NC(=O)c3cc4ccccc4oc3=O)cc21. The largest absolute Gasteiger partial charge is 0.422 e. The lowest BCUT2D eigenvalue weighted by atomic mass is 10.0. The highest BCUT2D eigenvalue weighted by molar-refractivity contribution is 6.07. The van der Waals surface area contributed by atoms with Gasteiger partial charge in [0.1, 0.15) is 11.1 Å². The van der Waals surface area contributed by atoms with Crippen LogP contribution in [0, 0.1) is 0 Å². The fourth-order valence-electron chi connectivity index (χ4n) is 2.91. The fourth-order valence-corrected chi connectivity index (χ4v) is 2.91. The molecule has 2 aromatic carbocycles. The summed E-state index contributed by atoms with van der Waals surface area (Å²) in [5.41, 5.74) is 1.73. The molecule has 124 valence electrons. The van der Waals surface area contributed by atoms with Crippen molar-refractivity contribution >= 4 is 34.2 Å². The molecule has 6 heteroatoms. The Morgan fingerprint density at radius 2 is 1.92 bits per heavy atom. The van der Waals surface area contributed by atoms with Crippen molar-refractivity contribution in [2.45, 2.75) is 12.8 Å². The molecule has 25 heavy (non-hydrogen) atoms. The van der Waals surface area contributed by atoms with Crippen molar-refractivity contribution < 1.29 is 14.0 Å². The third-order valence-corrected chi connectivity index (χ3v) is 4.31. The smallest absolute Gasteiger partial charge is 0.349 e. The van der Waals surface area contributed by atoms with Crippen LogP contribution >= 0.6 is 0 Å². The first kappa shape index (κ1) is 15.1. The van der Waals surface area contributed by atoms with Crippen LogP contribution in [0.2, 0.25) is 0 Å². The second kappa shape index (κ2) is 5.59. The first-order valence-electron chi connectivity index (χ1n) is 7.82. The highest BCUT2D eigenvalue weighted by Crippen LogP contribution is 2.34. The normalized spacial score (nSPS) is 15.7. The average Bonchev–Trinajstić information content (AvgIpc) is 2.88. The molecular formula is C19H14N2O4. The molecule has 0 radical (unpaired) electrons. The van der Waals surface area contributed by atoms with Gasteiger partial charge >= 0.3 is 5.63 Å². The number of amides is 2. The van der Waals surface area contributed by atoms with Gasteiger partial charge in [-0.1, -0.05) is 18.2 Å². The van der Waals surface area contributed by atoms with E-state index in [-0.39, 0.29) is 17.4 Å². The molecule has 1 aromatic heterocycles. The van der Waals surface area contributed by atoms with Crippen molar-refractivity contribution in [3.05, 3.63) is 70.1 Å². The Morgan fingerprint density at radius 3 is 2.76 bits per heavy atom. The summed E-state index contributed by atoms with van der Waals surface area (Å²) in [5, 5.41) is 6.13. The fraction of sp³-hybridized carbons (Fsp3) is 0.105. The van der Waals surface area contributed by atoms with Crippen molar-refractivity contribution in [1.29, 1.82) is 0 Å². The summed E-state index contributed by atoms with van der Waals surface area (Å²) in [6, 6.07) is 13.7. The summed E-state index contributed by atoms with van der Waals surface area (Å²) in [7, 11) is 0. The van der Waals surface area contributed by atoms with Crippen LogP contribution < -0.4 is 16.3 Å². The molecule has 0 spiro atoms. The van der Waals surface area contributed by atoms with Gasteiger partial charge in [0.2, 0.25) is 5.91 Å². The zero-order valence-corrected chi connectivity index (χ0v) is 13.3. The van der Waals surface area contributed by atoms with E-state index in [1.54, 1.807) is 49.4 Å². The lowest BCUT2D eigenvalue weighted by molar-refractivity contribution is -0.116. The standard InChI is InChI=1S/C19H14N2O4/c1-10-13-9-12(6-7-15(13)21-17(10)22)20-18(23)14-8-11-4-2-3-5-16(11)25-19(14)24/h2-10H,1H3,(H,20,23)(H,21,22). The van der Waals surface area contributed by atoms with Gasteiger partial charge in [0.05, 0.1) is 5.92 Å². The second-order valence-electron chi connectivity index (χ2n) is 5.95. The molecule has 0 saturated heterocycles. The maximum absolute atomic E-state index is 12.5. The lowest BCUT2D eigenvalue weighted by Crippen LogP contribution is -2.20. The number of anilines is 2. The monoisotopic (exact) mass is 334 g/mol. The molecule has 2 heterocycles. The van der Waals surface area contributed by atoms with Gasteiger partial charge in [-0.15, -0.1) is 0 Å². The molecule has 0 bridgehead atoms. The van der Waals surface area contributed by atoms with E-state index < -0.39 is 11.5 Å². The van der Waals surface area contributed by atoms with Gasteiger partial charge < -0.3 is 15.1 Å². The Labute approximate surface area is 142 Å². The third-order valence-electron chi connectivity index (χ3n) is 4.31. The van der Waals surface area contributed by atoms with Crippen LogP contribution in [0.25, 0.3) is 11.0 Å². The minimum absolute atomic E-state index is 0.0681. The van der Waals surface area contributed by atoms with Crippen LogP contribution in [0.1, 0.15) is 28.8 Å². The van der Waals surface area contributed by atoms with E-state index in [0.29, 0.717) is 16.7 Å². The predicted molar refractivity (Wildman–Crippen MR) is 93.9 cm³/mol. The number of nitrogens with one attached hydrogen (secondary N) is 2. The van der Waals surface area contributed by atoms with Gasteiger partial charge in [0, 0.05) is 16.8 Å². The molecule has 1 atom stereocenters. The average molecular weight is 334 g/mol. The summed E-state index contributed by atoms with van der Waals surface area (Å²) in [5.74, 6) is -0.907. The lowest BCUT2D eigenvalue weighted by Gasteiger charge is -2.08. The van der Waals surface area contributed by atoms with E-state index in [0.717, 1.165) is 11.3 Å². The molecule has 2 amide bonds. The molecular weight excluding hydrogens is 320 g/mol. The molecule has 0 saturated carbocycles. The molecule has 0 fully saturated rings. The quantitative estimate of drug-likeness (QED) is 0.705. The zero-order chi connectivity index (χ0) is 17.6. The van der Waals surface area contributed by atoms with Crippen LogP contribution in [-0.4, -0.2) is 11.8 Å². The zero-order valence-electron chi connectivity index (χ0n) is 13.3. The van der Waals surface area contributed by atoms with E-state index in [9.17, 15) is 14.4 Å². The van der Waals surface area contributed by atoms with Crippen molar-refractivity contribution in [2.75, 3.05) is 10.6 Å². The number of hydrogen-bond donors (Lipinski definition) is 2. The Hall–Kier alpha value is -3.41. The summed E-state index contributed by atoms with van der Waals surface area (Å²) in [4.78, 5) is 36.2. The van der Waals surface area contributed by atoms with Crippen molar-refractivity contribution in [3.63, 3.8) is 0 Å². The topological polar surface area (TPSA) is 88.4 Å². The number of rotatable bonds is 2. The molecule has 1 aliphatic rings. The Kier molecular flexibility index (Phi) is 3.39. The number of fused-ring (bicyclic) bond motifs is 2. The van der Waals surface area contributed by atoms with E-state index in [1.165, 1.54) is 6.07 Å². The first-order valence-corrected chi connectivity index (χ1v) is 7.82. The van der Waals surface area contributed by atoms with Crippen molar-refractivity contribution in [3.8, 4) is 0 Å². The van der Waals surface area contributed by atoms with Crippen LogP contribution in [0.4, 0.5) is 11.4 Å². The molecule has 2 N–H and O–H groups in total. The van der Waals surface area contributed by atoms with Gasteiger partial charge in [-0.25, -0.2) is 4.79 Å². The number of benzene rings is 2. The van der Waals surface area contributed by atoms with E-state index in [2.05, 4.69) is 10.6 Å². The first-order chi connectivity index (χ1) is 12.0. The molecule has 6 nitrogen and oxygen atoms in total. The molecule has 4 rings (SSSR count). The van der Waals surface area contributed by atoms with E-state index >= 15 is 0 Å². The van der Waals surface area contributed by atoms with Crippen LogP contribution in [0.15, 0.2) is 57.7 Å². The number of para-hydroxylation sites is 1. The summed E-state index contributed by atoms with van der Waals surface area (Å²) >= 11 is 0. The van der Waals surface area contributed by atoms with Crippen molar-refractivity contribution in [1.82, 2.24) is 0 Å². The highest BCUT2D eigenvalue weighted by Gasteiger charge is 2.26. The van der Waals surface area contributed by atoms with Gasteiger partial charge in [-0.3, -0.25) is 9.59 Å². The Balaban J connectivity index is 1.66. The molecule has 1 unspecified atom stereocenters. The second-order valence-corrected chi connectivity index (χ2v) is 5.95. The third kappa shape index (κ3) is 2.57. The summed E-state index contributed by atoms with van der Waals surface area (Å²) in [6.07, 6.45) is 0.